The van der Waals surface area contributed by atoms with E-state index in [0.29, 0.717) is 0 Å². The molecule has 0 atom stereocenters. The molecule has 0 aliphatic heterocycles. The van der Waals surface area contributed by atoms with Crippen LogP contribution in [-0.4, -0.2) is 9.97 Å². The number of aromatic nitrogens is 2. The lowest BCUT2D eigenvalue weighted by Crippen LogP contribution is -1.86. The first kappa shape index (κ1) is 11.4. The van der Waals surface area contributed by atoms with Gasteiger partial charge in [0.25, 0.3) is 0 Å². The maximum absolute atomic E-state index is 4.23. The molecule has 2 nitrogen and oxygen atoms in total. The summed E-state index contributed by atoms with van der Waals surface area (Å²) >= 11 is 0. The Morgan fingerprint density at radius 1 is 1.00 bits per heavy atom. The number of hydrogen-bond donors (Lipinski definition) is 0. The fraction of sp³-hybridized carbons (Fsp3) is 0.231. The third-order valence-electron chi connectivity index (χ3n) is 1.98. The van der Waals surface area contributed by atoms with Gasteiger partial charge in [0.2, 0.25) is 0 Å². The van der Waals surface area contributed by atoms with Crippen LogP contribution >= 0.6 is 0 Å². The number of aryl methyl sites for hydroxylation is 1. The van der Waals surface area contributed by atoms with E-state index in [1.165, 1.54) is 0 Å². The van der Waals surface area contributed by atoms with Crippen molar-refractivity contribution in [1.82, 2.24) is 9.97 Å². The zero-order chi connectivity index (χ0) is 11.1. The Labute approximate surface area is 91.0 Å². The normalized spacial score (nSPS) is 9.00. The quantitative estimate of drug-likeness (QED) is 0.704. The van der Waals surface area contributed by atoms with Crippen LogP contribution in [-0.2, 0) is 0 Å². The lowest BCUT2D eigenvalue weighted by molar-refractivity contribution is 1.20. The van der Waals surface area contributed by atoms with E-state index in [-0.39, 0.29) is 0 Å². The minimum absolute atomic E-state index is 1.04. The number of rotatable bonds is 1. The van der Waals surface area contributed by atoms with Gasteiger partial charge in [-0.05, 0) is 19.1 Å². The molecule has 0 saturated carbocycles. The second-order valence-electron chi connectivity index (χ2n) is 2.88. The van der Waals surface area contributed by atoms with Crippen LogP contribution in [0.5, 0.6) is 0 Å². The lowest BCUT2D eigenvalue weighted by atomic mass is 10.1. The van der Waals surface area contributed by atoms with Gasteiger partial charge in [0, 0.05) is 35.4 Å². The van der Waals surface area contributed by atoms with Crippen LogP contribution < -0.4 is 0 Å². The molecule has 2 aromatic heterocycles. The Hall–Kier alpha value is -1.70. The number of pyridine rings is 2. The topological polar surface area (TPSA) is 25.8 Å². The Kier molecular flexibility index (Phi) is 4.48. The average molecular weight is 200 g/mol. The van der Waals surface area contributed by atoms with E-state index >= 15 is 0 Å². The number of hydrogen-bond acceptors (Lipinski definition) is 2. The van der Waals surface area contributed by atoms with E-state index in [9.17, 15) is 0 Å². The third-order valence-corrected chi connectivity index (χ3v) is 1.98. The fourth-order valence-electron chi connectivity index (χ4n) is 1.31. The highest BCUT2D eigenvalue weighted by Crippen LogP contribution is 2.19. The predicted octanol–water partition coefficient (Wildman–Crippen LogP) is 3.48. The van der Waals surface area contributed by atoms with Crippen LogP contribution in [0, 0.1) is 6.92 Å². The van der Waals surface area contributed by atoms with Gasteiger partial charge >= 0.3 is 0 Å². The van der Waals surface area contributed by atoms with Crippen LogP contribution in [0.1, 0.15) is 19.5 Å². The van der Waals surface area contributed by atoms with Crippen molar-refractivity contribution in [3.05, 3.63) is 48.5 Å². The van der Waals surface area contributed by atoms with Crippen LogP contribution in [0.25, 0.3) is 11.1 Å². The molecule has 0 N–H and O–H groups in total. The molecule has 0 radical (unpaired) electrons. The number of nitrogens with zero attached hydrogens (tertiary/aromatic N) is 2. The minimum atomic E-state index is 1.04. The van der Waals surface area contributed by atoms with Crippen LogP contribution in [0.4, 0.5) is 0 Å². The van der Waals surface area contributed by atoms with Crippen LogP contribution in [0.15, 0.2) is 42.9 Å². The molecule has 0 saturated heterocycles. The van der Waals surface area contributed by atoms with Gasteiger partial charge in [-0.25, -0.2) is 0 Å². The van der Waals surface area contributed by atoms with Crippen molar-refractivity contribution >= 4 is 0 Å². The second kappa shape index (κ2) is 5.91. The molecule has 2 rings (SSSR count). The van der Waals surface area contributed by atoms with Crippen molar-refractivity contribution in [2.24, 2.45) is 0 Å². The van der Waals surface area contributed by atoms with Gasteiger partial charge < -0.3 is 0 Å². The first-order valence-electron chi connectivity index (χ1n) is 5.20. The van der Waals surface area contributed by atoms with E-state index in [2.05, 4.69) is 16.0 Å². The zero-order valence-corrected chi connectivity index (χ0v) is 9.44. The van der Waals surface area contributed by atoms with Crippen LogP contribution in [0.2, 0.25) is 0 Å². The smallest absolute Gasteiger partial charge is 0.0451 e. The summed E-state index contributed by atoms with van der Waals surface area (Å²) in [5.74, 6) is 0. The molecule has 78 valence electrons. The fourth-order valence-corrected chi connectivity index (χ4v) is 1.31. The van der Waals surface area contributed by atoms with Gasteiger partial charge in [0.1, 0.15) is 0 Å². The average Bonchev–Trinajstić information content (AvgIpc) is 2.33. The summed E-state index contributed by atoms with van der Waals surface area (Å²) in [4.78, 5) is 8.30. The summed E-state index contributed by atoms with van der Waals surface area (Å²) in [5, 5.41) is 0. The molecule has 0 bridgehead atoms. The molecule has 2 heterocycles. The van der Waals surface area contributed by atoms with Gasteiger partial charge in [-0.2, -0.15) is 0 Å². The summed E-state index contributed by atoms with van der Waals surface area (Å²) in [5.41, 5.74) is 3.30. The van der Waals surface area contributed by atoms with E-state index < -0.39 is 0 Å². The van der Waals surface area contributed by atoms with Gasteiger partial charge in [0.15, 0.2) is 0 Å². The Morgan fingerprint density at radius 3 is 2.33 bits per heavy atom. The monoisotopic (exact) mass is 200 g/mol. The van der Waals surface area contributed by atoms with E-state index in [0.717, 1.165) is 16.8 Å². The van der Waals surface area contributed by atoms with Crippen LogP contribution in [0.3, 0.4) is 0 Å². The Morgan fingerprint density at radius 2 is 1.73 bits per heavy atom. The molecular weight excluding hydrogens is 184 g/mol. The highest BCUT2D eigenvalue weighted by atomic mass is 14.7. The van der Waals surface area contributed by atoms with Crippen molar-refractivity contribution in [3.63, 3.8) is 0 Å². The van der Waals surface area contributed by atoms with E-state index in [1.54, 1.807) is 12.4 Å². The molecule has 2 heteroatoms. The summed E-state index contributed by atoms with van der Waals surface area (Å²) in [6.07, 6.45) is 5.43. The summed E-state index contributed by atoms with van der Waals surface area (Å²) < 4.78 is 0. The van der Waals surface area contributed by atoms with Gasteiger partial charge in [-0.3, -0.25) is 9.97 Å². The predicted molar refractivity (Wildman–Crippen MR) is 63.6 cm³/mol. The largest absolute Gasteiger partial charge is 0.264 e. The van der Waals surface area contributed by atoms with Crippen molar-refractivity contribution in [1.29, 1.82) is 0 Å². The molecule has 0 spiro atoms. The molecule has 0 aliphatic rings. The molecule has 2 aromatic rings. The SMILES string of the molecule is CC.Cc1ncccc1-c1cccnc1. The second-order valence-corrected chi connectivity index (χ2v) is 2.88. The van der Waals surface area contributed by atoms with Crippen molar-refractivity contribution in [2.45, 2.75) is 20.8 Å². The van der Waals surface area contributed by atoms with Gasteiger partial charge in [-0.15, -0.1) is 0 Å². The van der Waals surface area contributed by atoms with E-state index in [1.807, 2.05) is 45.2 Å². The lowest BCUT2D eigenvalue weighted by Gasteiger charge is -2.02. The first-order chi connectivity index (χ1) is 7.38. The molecule has 0 amide bonds. The summed E-state index contributed by atoms with van der Waals surface area (Å²) in [6.45, 7) is 6.00. The summed E-state index contributed by atoms with van der Waals surface area (Å²) in [6, 6.07) is 7.97. The van der Waals surface area contributed by atoms with Crippen molar-refractivity contribution in [3.8, 4) is 11.1 Å². The Balaban J connectivity index is 0.000000531. The molecule has 0 aromatic carbocycles. The van der Waals surface area contributed by atoms with Gasteiger partial charge in [0.05, 0.1) is 0 Å². The highest BCUT2D eigenvalue weighted by molar-refractivity contribution is 5.64. The molecule has 15 heavy (non-hydrogen) atoms. The molecular formula is C13H16N2. The molecule has 0 aliphatic carbocycles. The van der Waals surface area contributed by atoms with Gasteiger partial charge in [-0.1, -0.05) is 26.0 Å². The van der Waals surface area contributed by atoms with Crippen molar-refractivity contribution < 1.29 is 0 Å². The minimum Gasteiger partial charge on any atom is -0.264 e. The van der Waals surface area contributed by atoms with Crippen molar-refractivity contribution in [2.75, 3.05) is 0 Å². The maximum Gasteiger partial charge on any atom is 0.0451 e. The third kappa shape index (κ3) is 2.88. The first-order valence-corrected chi connectivity index (χ1v) is 5.20. The highest BCUT2D eigenvalue weighted by Gasteiger charge is 1.99. The van der Waals surface area contributed by atoms with E-state index in [4.69, 9.17) is 0 Å². The zero-order valence-electron chi connectivity index (χ0n) is 9.44. The summed E-state index contributed by atoms with van der Waals surface area (Å²) in [7, 11) is 0. The maximum atomic E-state index is 4.23. The molecule has 0 unspecified atom stereocenters. The Bertz CT molecular complexity index is 396. The molecule has 0 fully saturated rings. The standard InChI is InChI=1S/C11H10N2.C2H6/c1-9-11(5-3-7-13-9)10-4-2-6-12-8-10;1-2/h2-8H,1H3;1-2H3.